The van der Waals surface area contributed by atoms with Gasteiger partial charge in [-0.3, -0.25) is 24.1 Å². The van der Waals surface area contributed by atoms with E-state index in [2.05, 4.69) is 10.2 Å². The molecule has 5 heterocycles. The van der Waals surface area contributed by atoms with Gasteiger partial charge in [-0.2, -0.15) is 0 Å². The lowest BCUT2D eigenvalue weighted by Crippen LogP contribution is -2.55. The molecule has 8 rings (SSSR count). The van der Waals surface area contributed by atoms with E-state index in [1.54, 1.807) is 9.80 Å². The first-order chi connectivity index (χ1) is 28.3. The number of aliphatic hydroxyl groups is 1. The lowest BCUT2D eigenvalue weighted by molar-refractivity contribution is -0.151. The average molecular weight is 824 g/mol. The van der Waals surface area contributed by atoms with Crippen molar-refractivity contribution in [3.05, 3.63) is 89.5 Å². The maximum Gasteiger partial charge on any atom is 0.305 e. The summed E-state index contributed by atoms with van der Waals surface area (Å²) in [7, 11) is -1.77. The number of aliphatic hydroxyl groups excluding tert-OH is 1. The number of methoxy groups -OCH3 is 1. The molecular weight excluding hydrogens is 767 g/mol. The normalized spacial score (nSPS) is 26.2. The molecule has 14 heteroatoms. The number of amides is 3. The molecule has 0 saturated carbocycles. The minimum atomic E-state index is -3.13. The van der Waals surface area contributed by atoms with Crippen molar-refractivity contribution in [1.29, 1.82) is 0 Å². The zero-order chi connectivity index (χ0) is 41.7. The largest absolute Gasteiger partial charge is 0.469 e. The van der Waals surface area contributed by atoms with Crippen LogP contribution in [0.3, 0.4) is 0 Å². The summed E-state index contributed by atoms with van der Waals surface area (Å²) >= 11 is 0. The van der Waals surface area contributed by atoms with Crippen LogP contribution < -0.4 is 20.0 Å². The van der Waals surface area contributed by atoms with Gasteiger partial charge < -0.3 is 39.4 Å². The molecule has 5 atom stereocenters. The molecule has 5 aliphatic heterocycles. The number of hydrogen-bond donors (Lipinski definition) is 3. The zero-order valence-corrected chi connectivity index (χ0v) is 35.6. The molecule has 59 heavy (non-hydrogen) atoms. The summed E-state index contributed by atoms with van der Waals surface area (Å²) in [6.07, 6.45) is 2.24. The molecule has 0 unspecified atom stereocenters. The molecule has 314 valence electrons. The van der Waals surface area contributed by atoms with E-state index < -0.39 is 43.1 Å². The maximum absolute atomic E-state index is 15.2. The van der Waals surface area contributed by atoms with E-state index in [0.717, 1.165) is 16.8 Å². The number of anilines is 3. The summed E-state index contributed by atoms with van der Waals surface area (Å²) in [6.45, 7) is 7.86. The number of hydrogen-bond acceptors (Lipinski definition) is 10. The highest BCUT2D eigenvalue weighted by Crippen LogP contribution is 2.60. The average Bonchev–Trinajstić information content (AvgIpc) is 3.78. The number of nitrogens with one attached hydrogen (secondary N) is 1. The van der Waals surface area contributed by atoms with Crippen LogP contribution in [0.2, 0.25) is 18.6 Å². The number of ether oxygens (including phenoxy) is 2. The van der Waals surface area contributed by atoms with Gasteiger partial charge in [0, 0.05) is 47.9 Å². The molecule has 3 amide bonds. The van der Waals surface area contributed by atoms with E-state index in [9.17, 15) is 24.3 Å². The number of carbonyl (C=O) groups excluding carboxylic acids is 4. The fraction of sp³-hybridized carbons (Fsp3) is 0.511. The van der Waals surface area contributed by atoms with E-state index >= 15 is 4.79 Å². The first-order valence-corrected chi connectivity index (χ1v) is 24.1. The summed E-state index contributed by atoms with van der Waals surface area (Å²) in [6, 6.07) is 23.3. The number of para-hydroxylation sites is 1. The van der Waals surface area contributed by atoms with Crippen molar-refractivity contribution >= 4 is 49.1 Å². The topological polar surface area (TPSA) is 152 Å². The van der Waals surface area contributed by atoms with Gasteiger partial charge in [0.05, 0.1) is 44.6 Å². The first kappa shape index (κ1) is 41.1. The third-order valence-corrected chi connectivity index (χ3v) is 16.2. The Labute approximate surface area is 347 Å². The summed E-state index contributed by atoms with van der Waals surface area (Å²) in [5, 5.41) is 13.8. The minimum Gasteiger partial charge on any atom is -0.469 e. The Morgan fingerprint density at radius 2 is 1.66 bits per heavy atom. The highest BCUT2D eigenvalue weighted by atomic mass is 28.4. The molecule has 0 aliphatic carbocycles. The minimum absolute atomic E-state index is 0.00743. The Balaban J connectivity index is 1.17. The number of rotatable bonds is 11. The van der Waals surface area contributed by atoms with E-state index in [1.807, 2.05) is 97.7 Å². The van der Waals surface area contributed by atoms with Gasteiger partial charge in [0.1, 0.15) is 5.54 Å². The van der Waals surface area contributed by atoms with Crippen LogP contribution in [0, 0.1) is 5.92 Å². The smallest absolute Gasteiger partial charge is 0.305 e. The van der Waals surface area contributed by atoms with Crippen LogP contribution in [0.15, 0.2) is 72.8 Å². The van der Waals surface area contributed by atoms with Crippen molar-refractivity contribution < 1.29 is 38.6 Å². The molecule has 13 nitrogen and oxygen atoms in total. The lowest BCUT2D eigenvalue weighted by atomic mass is 9.82. The fourth-order valence-electron chi connectivity index (χ4n) is 10.8. The van der Waals surface area contributed by atoms with E-state index in [0.29, 0.717) is 81.9 Å². The van der Waals surface area contributed by atoms with Gasteiger partial charge >= 0.3 is 5.97 Å². The molecule has 3 fully saturated rings. The highest BCUT2D eigenvalue weighted by molar-refractivity contribution is 6.71. The van der Waals surface area contributed by atoms with Crippen molar-refractivity contribution in [3.63, 3.8) is 0 Å². The maximum atomic E-state index is 15.2. The zero-order valence-electron chi connectivity index (χ0n) is 34.6. The molecule has 0 aromatic heterocycles. The lowest BCUT2D eigenvalue weighted by Gasteiger charge is -2.39. The molecule has 5 aliphatic rings. The van der Waals surface area contributed by atoms with Crippen molar-refractivity contribution in [1.82, 2.24) is 10.2 Å². The van der Waals surface area contributed by atoms with Gasteiger partial charge in [0.25, 0.3) is 11.8 Å². The third-order valence-electron chi connectivity index (χ3n) is 13.7. The van der Waals surface area contributed by atoms with Crippen LogP contribution in [0.1, 0.15) is 62.1 Å². The van der Waals surface area contributed by atoms with Crippen LogP contribution >= 0.6 is 0 Å². The fourth-order valence-corrected chi connectivity index (χ4v) is 13.4. The summed E-state index contributed by atoms with van der Waals surface area (Å²) in [5.74, 6) is -1.32. The number of unbranched alkanes of at least 4 members (excludes halogenated alkanes) is 1. The third kappa shape index (κ3) is 7.06. The number of carbonyl (C=O) groups is 4. The van der Waals surface area contributed by atoms with Crippen molar-refractivity contribution in [3.8, 4) is 0 Å². The van der Waals surface area contributed by atoms with Crippen LogP contribution in [0.25, 0.3) is 0 Å². The molecule has 3 aromatic carbocycles. The quantitative estimate of drug-likeness (QED) is 0.144. The second-order valence-electron chi connectivity index (χ2n) is 17.5. The molecule has 3 aromatic rings. The van der Waals surface area contributed by atoms with Gasteiger partial charge in [-0.25, -0.2) is 0 Å². The van der Waals surface area contributed by atoms with Gasteiger partial charge in [0.2, 0.25) is 5.91 Å². The number of esters is 1. The molecule has 0 bridgehead atoms. The predicted octanol–water partition coefficient (Wildman–Crippen LogP) is 4.44. The standard InChI is InChI=1S/C45H57N5O8Si/c1-30-41(59(3,4)56)38(26-39(52)48-27-32-13-9-8-12-31(32)24-35(48)28-51)58-45(30)36-25-34(17-18-37(36)47(43(45)55)23-11-10-16-40(53)57-2)49-29-50(33-14-6-5-7-15-33)44(42(49)54)19-21-46-22-20-44/h5-9,12-15,17-18,25,30,35,38,41,46,51,56H,10-11,16,19-24,26-29H2,1-4H3/t30-,35-,38+,41-,45+/m0/s1. The van der Waals surface area contributed by atoms with E-state index in [1.165, 1.54) is 7.11 Å². The Hall–Kier alpha value is -4.60. The predicted molar refractivity (Wildman–Crippen MR) is 226 cm³/mol. The van der Waals surface area contributed by atoms with Crippen molar-refractivity contribution in [2.24, 2.45) is 5.92 Å². The van der Waals surface area contributed by atoms with E-state index in [-0.39, 0.29) is 43.1 Å². The summed E-state index contributed by atoms with van der Waals surface area (Å²) in [4.78, 5) is 75.9. The monoisotopic (exact) mass is 823 g/mol. The van der Waals surface area contributed by atoms with Crippen LogP contribution in [-0.2, 0) is 47.2 Å². The Kier molecular flexibility index (Phi) is 11.2. The first-order valence-electron chi connectivity index (χ1n) is 21.1. The second-order valence-corrected chi connectivity index (χ2v) is 21.5. The molecule has 3 N–H and O–H groups in total. The summed E-state index contributed by atoms with van der Waals surface area (Å²) < 4.78 is 12.0. The van der Waals surface area contributed by atoms with Crippen LogP contribution in [-0.4, -0.2) is 105 Å². The molecule has 3 saturated heterocycles. The SMILES string of the molecule is COC(=O)CCCCN1C(=O)[C@]2(O[C@H](CC(=O)N3Cc4ccccc4C[C@H]3CO)[C@@H]([Si](C)(C)O)[C@@H]2C)c2cc(N3CN(c4ccccc4)C4(CCNCC4)C3=O)ccc21. The van der Waals surface area contributed by atoms with Gasteiger partial charge in [-0.1, -0.05) is 49.4 Å². The molecule has 0 radical (unpaired) electrons. The van der Waals surface area contributed by atoms with Gasteiger partial charge in [-0.05, 0) is 99.7 Å². The number of piperidine rings is 1. The highest BCUT2D eigenvalue weighted by Gasteiger charge is 2.67. The number of nitrogens with zero attached hydrogens (tertiary/aromatic N) is 4. The molecular formula is C45H57N5O8Si. The van der Waals surface area contributed by atoms with Crippen molar-refractivity contribution in [2.45, 2.75) is 100 Å². The van der Waals surface area contributed by atoms with Crippen molar-refractivity contribution in [2.75, 3.05) is 54.7 Å². The Morgan fingerprint density at radius 3 is 2.36 bits per heavy atom. The van der Waals surface area contributed by atoms with Crippen LogP contribution in [0.5, 0.6) is 0 Å². The number of benzene rings is 3. The van der Waals surface area contributed by atoms with E-state index in [4.69, 9.17) is 9.47 Å². The van der Waals surface area contributed by atoms with Crippen LogP contribution in [0.4, 0.5) is 17.1 Å². The number of fused-ring (bicyclic) bond motifs is 3. The Morgan fingerprint density at radius 1 is 0.949 bits per heavy atom. The Bertz CT molecular complexity index is 2090. The van der Waals surface area contributed by atoms with Gasteiger partial charge in [0.15, 0.2) is 13.9 Å². The molecule has 2 spiro atoms. The second kappa shape index (κ2) is 16.1. The van der Waals surface area contributed by atoms with Gasteiger partial charge in [-0.15, -0.1) is 0 Å². The summed E-state index contributed by atoms with van der Waals surface area (Å²) in [5.41, 5.74) is 2.24.